The fourth-order valence-corrected chi connectivity index (χ4v) is 7.78. The standard InChI is InChI=1S/C22H28N4O3S3/c1-13-12-14(2)16(4)19(15(13)3)32(28,29)26-9-6-18(7-10-26)20(27)25-22-24-17(5)21(31-22)30-11-8-23/h12,18H,6-7,9-11H2,1-5H3,(H,24,25,27). The number of aromatic nitrogens is 1. The van der Waals surface area contributed by atoms with E-state index in [1.54, 1.807) is 0 Å². The van der Waals surface area contributed by atoms with Crippen molar-refractivity contribution in [2.45, 2.75) is 56.6 Å². The third-order valence-corrected chi connectivity index (χ3v) is 10.4. The number of nitriles is 1. The molecule has 0 radical (unpaired) electrons. The van der Waals surface area contributed by atoms with Gasteiger partial charge in [0.25, 0.3) is 0 Å². The van der Waals surface area contributed by atoms with E-state index >= 15 is 0 Å². The number of rotatable bonds is 6. The van der Waals surface area contributed by atoms with Crippen LogP contribution in [0.25, 0.3) is 0 Å². The minimum absolute atomic E-state index is 0.133. The van der Waals surface area contributed by atoms with Gasteiger partial charge in [-0.1, -0.05) is 29.2 Å². The molecule has 1 fully saturated rings. The monoisotopic (exact) mass is 492 g/mol. The molecule has 1 N–H and O–H groups in total. The van der Waals surface area contributed by atoms with Gasteiger partial charge in [0, 0.05) is 19.0 Å². The first-order valence-electron chi connectivity index (χ1n) is 10.4. The van der Waals surface area contributed by atoms with Crippen molar-refractivity contribution in [2.24, 2.45) is 5.92 Å². The predicted molar refractivity (Wildman–Crippen MR) is 129 cm³/mol. The summed E-state index contributed by atoms with van der Waals surface area (Å²) < 4.78 is 29.3. The Balaban J connectivity index is 1.68. The van der Waals surface area contributed by atoms with Gasteiger partial charge in [-0.05, 0) is 69.7 Å². The fourth-order valence-electron chi connectivity index (χ4n) is 3.93. The molecule has 10 heteroatoms. The van der Waals surface area contributed by atoms with E-state index in [9.17, 15) is 13.2 Å². The SMILES string of the molecule is Cc1cc(C)c(C)c(S(=O)(=O)N2CCC(C(=O)Nc3nc(C)c(SCC#N)s3)CC2)c1C. The summed E-state index contributed by atoms with van der Waals surface area (Å²) in [5.41, 5.74) is 4.30. The molecule has 2 heterocycles. The maximum absolute atomic E-state index is 13.4. The Hall–Kier alpha value is -1.93. The van der Waals surface area contributed by atoms with E-state index in [1.165, 1.54) is 27.4 Å². The molecule has 7 nitrogen and oxygen atoms in total. The van der Waals surface area contributed by atoms with E-state index in [-0.39, 0.29) is 11.8 Å². The lowest BCUT2D eigenvalue weighted by atomic mass is 9.97. The average Bonchev–Trinajstić information content (AvgIpc) is 3.09. The Morgan fingerprint density at radius 2 is 1.81 bits per heavy atom. The summed E-state index contributed by atoms with van der Waals surface area (Å²) in [6, 6.07) is 4.11. The number of thioether (sulfide) groups is 1. The van der Waals surface area contributed by atoms with Gasteiger partial charge >= 0.3 is 0 Å². The Labute approximate surface area is 198 Å². The van der Waals surface area contributed by atoms with E-state index in [2.05, 4.69) is 16.4 Å². The molecule has 172 valence electrons. The average molecular weight is 493 g/mol. The largest absolute Gasteiger partial charge is 0.302 e. The summed E-state index contributed by atoms with van der Waals surface area (Å²) in [7, 11) is -3.63. The minimum atomic E-state index is -3.63. The van der Waals surface area contributed by atoms with Crippen LogP contribution in [-0.4, -0.2) is 42.5 Å². The van der Waals surface area contributed by atoms with Crippen LogP contribution in [0.3, 0.4) is 0 Å². The lowest BCUT2D eigenvalue weighted by molar-refractivity contribution is -0.120. The molecule has 1 aromatic carbocycles. The van der Waals surface area contributed by atoms with Crippen LogP contribution in [0.5, 0.6) is 0 Å². The second-order valence-corrected chi connectivity index (χ2v) is 12.2. The molecule has 1 aliphatic rings. The molecule has 0 atom stereocenters. The van der Waals surface area contributed by atoms with Crippen LogP contribution in [-0.2, 0) is 14.8 Å². The zero-order valence-electron chi connectivity index (χ0n) is 19.0. The third kappa shape index (κ3) is 5.01. The first-order chi connectivity index (χ1) is 15.1. The number of piperidine rings is 1. The van der Waals surface area contributed by atoms with Crippen molar-refractivity contribution in [3.05, 3.63) is 34.0 Å². The fraction of sp³-hybridized carbons (Fsp3) is 0.500. The van der Waals surface area contributed by atoms with Crippen molar-refractivity contribution in [1.29, 1.82) is 5.26 Å². The van der Waals surface area contributed by atoms with Gasteiger partial charge in [-0.2, -0.15) is 9.57 Å². The van der Waals surface area contributed by atoms with Gasteiger partial charge in [0.1, 0.15) is 0 Å². The highest BCUT2D eigenvalue weighted by molar-refractivity contribution is 8.01. The number of hydrogen-bond acceptors (Lipinski definition) is 7. The number of carbonyl (C=O) groups is 1. The number of hydrogen-bond donors (Lipinski definition) is 1. The number of thiazole rings is 1. The van der Waals surface area contributed by atoms with Crippen molar-refractivity contribution in [3.8, 4) is 6.07 Å². The van der Waals surface area contributed by atoms with Gasteiger partial charge in [-0.3, -0.25) is 4.79 Å². The molecule has 2 aromatic rings. The van der Waals surface area contributed by atoms with Crippen LogP contribution >= 0.6 is 23.1 Å². The molecular weight excluding hydrogens is 464 g/mol. The molecule has 0 aliphatic carbocycles. The molecule has 0 spiro atoms. The summed E-state index contributed by atoms with van der Waals surface area (Å²) in [6.45, 7) is 10.1. The van der Waals surface area contributed by atoms with Gasteiger partial charge in [0.05, 0.1) is 26.6 Å². The molecule has 1 amide bonds. The molecule has 1 aromatic heterocycles. The van der Waals surface area contributed by atoms with Crippen LogP contribution in [0, 0.1) is 51.9 Å². The smallest absolute Gasteiger partial charge is 0.243 e. The van der Waals surface area contributed by atoms with E-state index in [0.29, 0.717) is 41.7 Å². The van der Waals surface area contributed by atoms with Crippen molar-refractivity contribution in [3.63, 3.8) is 0 Å². The molecular formula is C22H28N4O3S3. The van der Waals surface area contributed by atoms with Gasteiger partial charge in [0.2, 0.25) is 15.9 Å². The minimum Gasteiger partial charge on any atom is -0.302 e. The summed E-state index contributed by atoms with van der Waals surface area (Å²) >= 11 is 2.77. The van der Waals surface area contributed by atoms with E-state index in [0.717, 1.165) is 32.2 Å². The molecule has 3 rings (SSSR count). The first-order valence-corrected chi connectivity index (χ1v) is 13.7. The zero-order valence-corrected chi connectivity index (χ0v) is 21.4. The van der Waals surface area contributed by atoms with Crippen molar-refractivity contribution in [2.75, 3.05) is 24.2 Å². The normalized spacial score (nSPS) is 15.5. The van der Waals surface area contributed by atoms with E-state index in [1.807, 2.05) is 40.7 Å². The Morgan fingerprint density at radius 3 is 2.38 bits per heavy atom. The maximum Gasteiger partial charge on any atom is 0.243 e. The molecule has 1 saturated heterocycles. The second kappa shape index (κ2) is 9.91. The van der Waals surface area contributed by atoms with Gasteiger partial charge in [-0.25, -0.2) is 13.4 Å². The molecule has 0 unspecified atom stereocenters. The Morgan fingerprint density at radius 1 is 1.22 bits per heavy atom. The van der Waals surface area contributed by atoms with Gasteiger partial charge < -0.3 is 5.32 Å². The van der Waals surface area contributed by atoms with Crippen molar-refractivity contribution >= 4 is 44.2 Å². The number of aryl methyl sites for hydroxylation is 3. The van der Waals surface area contributed by atoms with Crippen LogP contribution < -0.4 is 5.32 Å². The number of nitrogens with one attached hydrogen (secondary N) is 1. The first kappa shape index (κ1) is 24.7. The predicted octanol–water partition coefficient (Wildman–Crippen LogP) is 4.34. The highest BCUT2D eigenvalue weighted by Gasteiger charge is 2.34. The molecule has 0 saturated carbocycles. The number of nitrogens with zero attached hydrogens (tertiary/aromatic N) is 3. The number of benzene rings is 1. The number of amides is 1. The van der Waals surface area contributed by atoms with Gasteiger partial charge in [0.15, 0.2) is 5.13 Å². The Kier molecular flexibility index (Phi) is 7.65. The van der Waals surface area contributed by atoms with Gasteiger partial charge in [-0.15, -0.1) is 0 Å². The lowest BCUT2D eigenvalue weighted by Crippen LogP contribution is -2.41. The lowest BCUT2D eigenvalue weighted by Gasteiger charge is -2.31. The van der Waals surface area contributed by atoms with E-state index < -0.39 is 10.0 Å². The highest BCUT2D eigenvalue weighted by Crippen LogP contribution is 2.34. The number of carbonyl (C=O) groups excluding carboxylic acids is 1. The van der Waals surface area contributed by atoms with Crippen molar-refractivity contribution in [1.82, 2.24) is 9.29 Å². The van der Waals surface area contributed by atoms with Crippen molar-refractivity contribution < 1.29 is 13.2 Å². The zero-order chi connectivity index (χ0) is 23.6. The van der Waals surface area contributed by atoms with Crippen LogP contribution in [0.2, 0.25) is 0 Å². The molecule has 0 bridgehead atoms. The maximum atomic E-state index is 13.4. The summed E-state index contributed by atoms with van der Waals surface area (Å²) in [5.74, 6) is -0.0586. The number of sulfonamides is 1. The van der Waals surface area contributed by atoms with E-state index in [4.69, 9.17) is 5.26 Å². The summed E-state index contributed by atoms with van der Waals surface area (Å²) in [6.07, 6.45) is 0.933. The second-order valence-electron chi connectivity index (χ2n) is 8.10. The number of anilines is 1. The quantitative estimate of drug-likeness (QED) is 0.602. The Bertz CT molecular complexity index is 1150. The van der Waals surface area contributed by atoms with Crippen LogP contribution in [0.15, 0.2) is 15.2 Å². The highest BCUT2D eigenvalue weighted by atomic mass is 32.2. The molecule has 32 heavy (non-hydrogen) atoms. The third-order valence-electron chi connectivity index (χ3n) is 5.97. The van der Waals surface area contributed by atoms with Crippen LogP contribution in [0.4, 0.5) is 5.13 Å². The summed E-state index contributed by atoms with van der Waals surface area (Å²) in [4.78, 5) is 17.5. The van der Waals surface area contributed by atoms with Crippen LogP contribution in [0.1, 0.15) is 40.8 Å². The molecule has 1 aliphatic heterocycles. The summed E-state index contributed by atoms with van der Waals surface area (Å²) in [5, 5.41) is 12.1. The topological polar surface area (TPSA) is 103 Å².